The van der Waals surface area contributed by atoms with Crippen molar-refractivity contribution in [2.45, 2.75) is 82.0 Å². The Hall–Kier alpha value is -2.82. The number of pyridine rings is 1. The van der Waals surface area contributed by atoms with Crippen LogP contribution in [0.2, 0.25) is 0 Å². The Morgan fingerprint density at radius 1 is 1.13 bits per heavy atom. The van der Waals surface area contributed by atoms with E-state index in [0.29, 0.717) is 49.0 Å². The number of halogens is 6. The van der Waals surface area contributed by atoms with Crippen LogP contribution in [0.15, 0.2) is 36.5 Å². The monoisotopic (exact) mass is 553 g/mol. The van der Waals surface area contributed by atoms with E-state index in [2.05, 4.69) is 10.3 Å². The molecule has 2 aliphatic heterocycles. The van der Waals surface area contributed by atoms with E-state index in [9.17, 15) is 31.1 Å². The van der Waals surface area contributed by atoms with Gasteiger partial charge in [-0.05, 0) is 49.3 Å². The average Bonchev–Trinajstić information content (AvgIpc) is 3.44. The van der Waals surface area contributed by atoms with Crippen LogP contribution in [-0.2, 0) is 23.9 Å². The number of aromatic nitrogens is 1. The van der Waals surface area contributed by atoms with Gasteiger partial charge in [-0.25, -0.2) is 0 Å². The minimum Gasteiger partial charge on any atom is -0.481 e. The molecular weight excluding hydrogens is 524 g/mol. The van der Waals surface area contributed by atoms with Gasteiger partial charge in [0.25, 0.3) is 0 Å². The van der Waals surface area contributed by atoms with Crippen LogP contribution < -0.4 is 10.1 Å². The summed E-state index contributed by atoms with van der Waals surface area (Å²) in [5.41, 5.74) is 0.191. The zero-order valence-corrected chi connectivity index (χ0v) is 21.1. The standard InChI is InChI=1S/C28H29F6N3O2/c29-27(30,31)18-10-16-15-37(9-7-21(16)35-14-18)25(38)26-8-3-4-17(26)11-19(13-26)36-22-12-24(28(32,33)34)39-23-6-2-1-5-20(22)23/h1-2,5-6,10,14,17,19,22,24,36H,3-4,7-9,11-13,15H2/t17-,19?,22+,24-,26-/m1/s1. The lowest BCUT2D eigenvalue weighted by atomic mass is 9.78. The number of nitrogens with one attached hydrogen (secondary N) is 1. The fraction of sp³-hybridized carbons (Fsp3) is 0.571. The molecule has 210 valence electrons. The van der Waals surface area contributed by atoms with E-state index < -0.39 is 35.5 Å². The van der Waals surface area contributed by atoms with Crippen molar-refractivity contribution in [2.75, 3.05) is 6.54 Å². The lowest BCUT2D eigenvalue weighted by Gasteiger charge is -2.38. The minimum absolute atomic E-state index is 0.0575. The van der Waals surface area contributed by atoms with E-state index in [1.54, 1.807) is 29.2 Å². The molecule has 2 saturated carbocycles. The fourth-order valence-electron chi connectivity index (χ4n) is 7.25. The quantitative estimate of drug-likeness (QED) is 0.476. The molecule has 1 amide bonds. The predicted octanol–water partition coefficient (Wildman–Crippen LogP) is 5.98. The van der Waals surface area contributed by atoms with Crippen molar-refractivity contribution in [3.8, 4) is 5.75 Å². The van der Waals surface area contributed by atoms with Crippen LogP contribution >= 0.6 is 0 Å². The van der Waals surface area contributed by atoms with E-state index >= 15 is 0 Å². The molecule has 11 heteroatoms. The normalized spacial score (nSPS) is 30.4. The first-order chi connectivity index (χ1) is 18.4. The van der Waals surface area contributed by atoms with Crippen molar-refractivity contribution in [3.05, 3.63) is 58.9 Å². The van der Waals surface area contributed by atoms with Crippen LogP contribution in [0.5, 0.6) is 5.75 Å². The van der Waals surface area contributed by atoms with E-state index in [-0.39, 0.29) is 36.6 Å². The van der Waals surface area contributed by atoms with Crippen molar-refractivity contribution in [3.63, 3.8) is 0 Å². The highest BCUT2D eigenvalue weighted by atomic mass is 19.4. The lowest BCUT2D eigenvalue weighted by molar-refractivity contribution is -0.201. The molecule has 3 heterocycles. The van der Waals surface area contributed by atoms with Gasteiger partial charge in [0, 0.05) is 55.5 Å². The van der Waals surface area contributed by atoms with Crippen LogP contribution in [0.4, 0.5) is 26.3 Å². The van der Waals surface area contributed by atoms with Gasteiger partial charge in [-0.2, -0.15) is 26.3 Å². The summed E-state index contributed by atoms with van der Waals surface area (Å²) in [7, 11) is 0. The Kier molecular flexibility index (Phi) is 6.35. The van der Waals surface area contributed by atoms with Crippen LogP contribution in [0.3, 0.4) is 0 Å². The van der Waals surface area contributed by atoms with E-state index in [1.807, 2.05) is 0 Å². The first kappa shape index (κ1) is 26.4. The molecule has 2 aliphatic carbocycles. The van der Waals surface area contributed by atoms with Crippen molar-refractivity contribution < 1.29 is 35.9 Å². The highest BCUT2D eigenvalue weighted by molar-refractivity contribution is 5.84. The van der Waals surface area contributed by atoms with Gasteiger partial charge in [0.2, 0.25) is 5.91 Å². The van der Waals surface area contributed by atoms with E-state index in [0.717, 1.165) is 25.1 Å². The number of benzene rings is 1. The van der Waals surface area contributed by atoms with Crippen molar-refractivity contribution in [1.29, 1.82) is 0 Å². The Labute approximate surface area is 221 Å². The summed E-state index contributed by atoms with van der Waals surface area (Å²) in [5.74, 6) is 0.237. The number of carbonyl (C=O) groups is 1. The molecule has 2 fully saturated rings. The second-order valence-corrected chi connectivity index (χ2v) is 11.3. The van der Waals surface area contributed by atoms with Crippen LogP contribution in [0, 0.1) is 11.3 Å². The summed E-state index contributed by atoms with van der Waals surface area (Å²) >= 11 is 0. The molecule has 0 spiro atoms. The number of ether oxygens (including phenoxy) is 1. The maximum absolute atomic E-state index is 14.0. The summed E-state index contributed by atoms with van der Waals surface area (Å²) in [6.07, 6.45) is -6.37. The van der Waals surface area contributed by atoms with Gasteiger partial charge < -0.3 is 15.0 Å². The first-order valence-corrected chi connectivity index (χ1v) is 13.4. The molecule has 5 nitrogen and oxygen atoms in total. The van der Waals surface area contributed by atoms with Crippen molar-refractivity contribution >= 4 is 5.91 Å². The second kappa shape index (κ2) is 9.38. The summed E-state index contributed by atoms with van der Waals surface area (Å²) in [6.45, 7) is 0.468. The fourth-order valence-corrected chi connectivity index (χ4v) is 7.25. The van der Waals surface area contributed by atoms with Gasteiger partial charge in [-0.3, -0.25) is 9.78 Å². The van der Waals surface area contributed by atoms with E-state index in [4.69, 9.17) is 4.74 Å². The maximum atomic E-state index is 14.0. The summed E-state index contributed by atoms with van der Waals surface area (Å²) in [4.78, 5) is 19.7. The molecule has 39 heavy (non-hydrogen) atoms. The number of carbonyl (C=O) groups excluding carboxylic acids is 1. The molecule has 1 N–H and O–H groups in total. The molecular formula is C28H29F6N3O2. The van der Waals surface area contributed by atoms with Crippen LogP contribution in [-0.4, -0.2) is 40.7 Å². The lowest BCUT2D eigenvalue weighted by Crippen LogP contribution is -2.47. The van der Waals surface area contributed by atoms with Gasteiger partial charge in [0.1, 0.15) is 5.75 Å². The number of rotatable bonds is 3. The number of amides is 1. The Morgan fingerprint density at radius 2 is 1.92 bits per heavy atom. The third kappa shape index (κ3) is 4.76. The maximum Gasteiger partial charge on any atom is 0.425 e. The molecule has 5 atom stereocenters. The molecule has 2 aromatic rings. The smallest absolute Gasteiger partial charge is 0.425 e. The van der Waals surface area contributed by atoms with Gasteiger partial charge in [-0.1, -0.05) is 24.6 Å². The molecule has 1 aromatic heterocycles. The Morgan fingerprint density at radius 3 is 2.69 bits per heavy atom. The van der Waals surface area contributed by atoms with Crippen molar-refractivity contribution in [1.82, 2.24) is 15.2 Å². The summed E-state index contributed by atoms with van der Waals surface area (Å²) < 4.78 is 85.8. The number of nitrogens with zero attached hydrogens (tertiary/aromatic N) is 2. The third-order valence-electron chi connectivity index (χ3n) is 9.03. The molecule has 6 rings (SSSR count). The molecule has 1 aromatic carbocycles. The van der Waals surface area contributed by atoms with Crippen LogP contribution in [0.1, 0.15) is 67.0 Å². The number of para-hydroxylation sites is 1. The molecule has 0 bridgehead atoms. The Balaban J connectivity index is 1.20. The van der Waals surface area contributed by atoms with Crippen LogP contribution in [0.25, 0.3) is 0 Å². The third-order valence-corrected chi connectivity index (χ3v) is 9.03. The molecule has 0 radical (unpaired) electrons. The van der Waals surface area contributed by atoms with Crippen molar-refractivity contribution in [2.24, 2.45) is 11.3 Å². The molecule has 0 saturated heterocycles. The SMILES string of the molecule is O=C(N1CCc2ncc(C(F)(F)F)cc2C1)[C@@]12CCC[C@@H]1CC(N[C@H]1C[C@H](C(F)(F)F)Oc3ccccc31)C2. The average molecular weight is 554 g/mol. The summed E-state index contributed by atoms with van der Waals surface area (Å²) in [6, 6.07) is 7.10. The predicted molar refractivity (Wildman–Crippen MR) is 129 cm³/mol. The number of hydrogen-bond acceptors (Lipinski definition) is 4. The minimum atomic E-state index is -4.51. The first-order valence-electron chi connectivity index (χ1n) is 13.4. The second-order valence-electron chi connectivity index (χ2n) is 11.3. The zero-order chi connectivity index (χ0) is 27.6. The largest absolute Gasteiger partial charge is 0.481 e. The number of fused-ring (bicyclic) bond motifs is 3. The molecule has 1 unspecified atom stereocenters. The zero-order valence-electron chi connectivity index (χ0n) is 21.1. The highest BCUT2D eigenvalue weighted by Gasteiger charge is 2.57. The highest BCUT2D eigenvalue weighted by Crippen LogP contribution is 2.56. The number of hydrogen-bond donors (Lipinski definition) is 1. The van der Waals surface area contributed by atoms with Gasteiger partial charge in [0.15, 0.2) is 6.10 Å². The van der Waals surface area contributed by atoms with Gasteiger partial charge >= 0.3 is 12.4 Å². The van der Waals surface area contributed by atoms with E-state index in [1.165, 1.54) is 0 Å². The number of alkyl halides is 6. The summed E-state index contributed by atoms with van der Waals surface area (Å²) in [5, 5.41) is 3.44. The van der Waals surface area contributed by atoms with Gasteiger partial charge in [-0.15, -0.1) is 0 Å². The Bertz CT molecular complexity index is 1260. The topological polar surface area (TPSA) is 54.5 Å². The van der Waals surface area contributed by atoms with Gasteiger partial charge in [0.05, 0.1) is 11.0 Å². The molecule has 4 aliphatic rings.